The highest BCUT2D eigenvalue weighted by Gasteiger charge is 2.30. The topological polar surface area (TPSA) is 70.2 Å². The number of ether oxygens (including phenoxy) is 1. The summed E-state index contributed by atoms with van der Waals surface area (Å²) in [6, 6.07) is 6.73. The molecule has 2 aliphatic heterocycles. The van der Waals surface area contributed by atoms with E-state index in [0.717, 1.165) is 74.2 Å². The van der Waals surface area contributed by atoms with Gasteiger partial charge in [-0.3, -0.25) is 4.98 Å². The Balaban J connectivity index is 1.60. The van der Waals surface area contributed by atoms with Crippen LogP contribution in [0.2, 0.25) is 0 Å². The number of aromatic nitrogens is 4. The number of H-pyrrole nitrogens is 1. The van der Waals surface area contributed by atoms with Gasteiger partial charge in [-0.2, -0.15) is 9.97 Å². The minimum absolute atomic E-state index is 0.332. The van der Waals surface area contributed by atoms with E-state index in [1.807, 2.05) is 12.4 Å². The molecule has 0 bridgehead atoms. The smallest absolute Gasteiger partial charge is 0.229 e. The second-order valence-corrected chi connectivity index (χ2v) is 7.29. The Hall–Kier alpha value is -2.67. The summed E-state index contributed by atoms with van der Waals surface area (Å²) in [7, 11) is 0. The number of rotatable bonds is 3. The molecule has 5 rings (SSSR count). The maximum Gasteiger partial charge on any atom is 0.229 e. The second kappa shape index (κ2) is 6.81. The molecular formula is C20H24N6O. The zero-order valence-electron chi connectivity index (χ0n) is 15.6. The van der Waals surface area contributed by atoms with Crippen LogP contribution in [0.1, 0.15) is 30.1 Å². The van der Waals surface area contributed by atoms with E-state index in [0.29, 0.717) is 6.04 Å². The summed E-state index contributed by atoms with van der Waals surface area (Å²) < 4.78 is 5.50. The van der Waals surface area contributed by atoms with Gasteiger partial charge >= 0.3 is 0 Å². The van der Waals surface area contributed by atoms with E-state index in [2.05, 4.69) is 44.9 Å². The Bertz CT molecular complexity index is 934. The predicted octanol–water partition coefficient (Wildman–Crippen LogP) is 2.84. The Morgan fingerprint density at radius 2 is 1.93 bits per heavy atom. The third kappa shape index (κ3) is 3.02. The van der Waals surface area contributed by atoms with E-state index in [1.54, 1.807) is 0 Å². The van der Waals surface area contributed by atoms with E-state index in [4.69, 9.17) is 14.7 Å². The molecule has 5 heterocycles. The number of nitrogens with one attached hydrogen (secondary N) is 1. The van der Waals surface area contributed by atoms with Gasteiger partial charge in [0.1, 0.15) is 11.5 Å². The number of hydrogen-bond acceptors (Lipinski definition) is 6. The average Bonchev–Trinajstić information content (AvgIpc) is 3.34. The molecule has 0 aromatic carbocycles. The van der Waals surface area contributed by atoms with Crippen LogP contribution < -0.4 is 9.80 Å². The first-order valence-electron chi connectivity index (χ1n) is 9.66. The van der Waals surface area contributed by atoms with Crippen LogP contribution in [0, 0.1) is 6.92 Å². The molecule has 2 aliphatic rings. The summed E-state index contributed by atoms with van der Waals surface area (Å²) in [5.41, 5.74) is 3.33. The molecule has 3 aromatic heterocycles. The average molecular weight is 364 g/mol. The van der Waals surface area contributed by atoms with Crippen molar-refractivity contribution in [1.82, 2.24) is 19.9 Å². The lowest BCUT2D eigenvalue weighted by atomic mass is 10.1. The molecule has 1 N–H and O–H groups in total. The first kappa shape index (κ1) is 16.5. The SMILES string of the molecule is Cc1cc2c(N3CCCC3c3ccncc3)nc(N3CCOCC3)nc2[nH]1. The summed E-state index contributed by atoms with van der Waals surface area (Å²) in [5.74, 6) is 1.83. The Morgan fingerprint density at radius 1 is 1.11 bits per heavy atom. The normalized spacial score (nSPS) is 20.6. The van der Waals surface area contributed by atoms with Gasteiger partial charge in [-0.1, -0.05) is 0 Å². The molecule has 1 unspecified atom stereocenters. The number of hydrogen-bond donors (Lipinski definition) is 1. The molecule has 7 nitrogen and oxygen atoms in total. The molecule has 3 aromatic rings. The number of morpholine rings is 1. The van der Waals surface area contributed by atoms with Crippen molar-refractivity contribution in [3.05, 3.63) is 41.9 Å². The fourth-order valence-corrected chi connectivity index (χ4v) is 4.19. The fourth-order valence-electron chi connectivity index (χ4n) is 4.19. The molecule has 7 heteroatoms. The lowest BCUT2D eigenvalue weighted by Gasteiger charge is -2.30. The molecule has 1 atom stereocenters. The van der Waals surface area contributed by atoms with Crippen molar-refractivity contribution in [2.75, 3.05) is 42.6 Å². The van der Waals surface area contributed by atoms with Crippen molar-refractivity contribution in [2.24, 2.45) is 0 Å². The quantitative estimate of drug-likeness (QED) is 0.771. The van der Waals surface area contributed by atoms with E-state index < -0.39 is 0 Å². The van der Waals surface area contributed by atoms with Crippen molar-refractivity contribution in [3.63, 3.8) is 0 Å². The van der Waals surface area contributed by atoms with Crippen LogP contribution in [0.25, 0.3) is 11.0 Å². The first-order valence-corrected chi connectivity index (χ1v) is 9.66. The highest BCUT2D eigenvalue weighted by atomic mass is 16.5. The van der Waals surface area contributed by atoms with Crippen LogP contribution >= 0.6 is 0 Å². The van der Waals surface area contributed by atoms with Gasteiger partial charge in [0.05, 0.1) is 24.6 Å². The lowest BCUT2D eigenvalue weighted by molar-refractivity contribution is 0.122. The van der Waals surface area contributed by atoms with Crippen LogP contribution in [-0.4, -0.2) is 52.8 Å². The number of pyridine rings is 1. The van der Waals surface area contributed by atoms with E-state index in [1.165, 1.54) is 5.56 Å². The summed E-state index contributed by atoms with van der Waals surface area (Å²) in [6.07, 6.45) is 6.04. The van der Waals surface area contributed by atoms with Crippen molar-refractivity contribution in [3.8, 4) is 0 Å². The summed E-state index contributed by atoms with van der Waals surface area (Å²) in [4.78, 5) is 22.1. The van der Waals surface area contributed by atoms with Gasteiger partial charge in [0.15, 0.2) is 0 Å². The van der Waals surface area contributed by atoms with Crippen LogP contribution in [0.5, 0.6) is 0 Å². The largest absolute Gasteiger partial charge is 0.378 e. The molecule has 2 saturated heterocycles. The molecule has 0 saturated carbocycles. The minimum atomic E-state index is 0.332. The van der Waals surface area contributed by atoms with Crippen LogP contribution in [0.3, 0.4) is 0 Å². The van der Waals surface area contributed by atoms with Crippen LogP contribution in [-0.2, 0) is 4.74 Å². The molecule has 140 valence electrons. The summed E-state index contributed by atoms with van der Waals surface area (Å²) in [6.45, 7) is 6.20. The van der Waals surface area contributed by atoms with Gasteiger partial charge in [0.2, 0.25) is 5.95 Å². The van der Waals surface area contributed by atoms with Crippen LogP contribution in [0.15, 0.2) is 30.6 Å². The fraction of sp³-hybridized carbons (Fsp3) is 0.450. The van der Waals surface area contributed by atoms with E-state index in [9.17, 15) is 0 Å². The Kier molecular flexibility index (Phi) is 4.16. The van der Waals surface area contributed by atoms with E-state index in [-0.39, 0.29) is 0 Å². The molecule has 0 aliphatic carbocycles. The standard InChI is InChI=1S/C20H24N6O/c1-14-13-16-18(22-14)23-20(25-9-11-27-12-10-25)24-19(16)26-8-2-3-17(26)15-4-6-21-7-5-15/h4-7,13,17H,2-3,8-12H2,1H3,(H,22,23,24). The highest BCUT2D eigenvalue weighted by molar-refractivity contribution is 5.90. The molecule has 27 heavy (non-hydrogen) atoms. The highest BCUT2D eigenvalue weighted by Crippen LogP contribution is 2.38. The Morgan fingerprint density at radius 3 is 2.74 bits per heavy atom. The molecule has 0 radical (unpaired) electrons. The minimum Gasteiger partial charge on any atom is -0.378 e. The number of nitrogens with zero attached hydrogens (tertiary/aromatic N) is 5. The van der Waals surface area contributed by atoms with Gasteiger partial charge < -0.3 is 19.5 Å². The van der Waals surface area contributed by atoms with Gasteiger partial charge in [-0.05, 0) is 43.5 Å². The molecule has 2 fully saturated rings. The van der Waals surface area contributed by atoms with Crippen LogP contribution in [0.4, 0.5) is 11.8 Å². The van der Waals surface area contributed by atoms with Crippen molar-refractivity contribution in [2.45, 2.75) is 25.8 Å². The zero-order valence-corrected chi connectivity index (χ0v) is 15.6. The predicted molar refractivity (Wildman–Crippen MR) is 105 cm³/mol. The summed E-state index contributed by atoms with van der Waals surface area (Å²) in [5, 5.41) is 1.10. The molecule has 0 spiro atoms. The number of aryl methyl sites for hydroxylation is 1. The van der Waals surface area contributed by atoms with Gasteiger partial charge in [-0.25, -0.2) is 0 Å². The maximum atomic E-state index is 5.50. The van der Waals surface area contributed by atoms with Crippen molar-refractivity contribution in [1.29, 1.82) is 0 Å². The Labute approximate surface area is 158 Å². The van der Waals surface area contributed by atoms with Gasteiger partial charge in [0, 0.05) is 37.7 Å². The number of fused-ring (bicyclic) bond motifs is 1. The van der Waals surface area contributed by atoms with Gasteiger partial charge in [-0.15, -0.1) is 0 Å². The molecular weight excluding hydrogens is 340 g/mol. The monoisotopic (exact) mass is 364 g/mol. The summed E-state index contributed by atoms with van der Waals surface area (Å²) >= 11 is 0. The molecule has 0 amide bonds. The number of anilines is 2. The second-order valence-electron chi connectivity index (χ2n) is 7.29. The van der Waals surface area contributed by atoms with Gasteiger partial charge in [0.25, 0.3) is 0 Å². The number of aromatic amines is 1. The zero-order chi connectivity index (χ0) is 18.2. The third-order valence-corrected chi connectivity index (χ3v) is 5.50. The third-order valence-electron chi connectivity index (χ3n) is 5.50. The van der Waals surface area contributed by atoms with E-state index >= 15 is 0 Å². The lowest BCUT2D eigenvalue weighted by Crippen LogP contribution is -2.37. The van der Waals surface area contributed by atoms with Crippen molar-refractivity contribution < 1.29 is 4.74 Å². The van der Waals surface area contributed by atoms with Crippen molar-refractivity contribution >= 4 is 22.8 Å². The first-order chi connectivity index (χ1) is 13.3. The maximum absolute atomic E-state index is 5.50.